The monoisotopic (exact) mass is 418 g/mol. The molecule has 1 heterocycles. The highest BCUT2D eigenvalue weighted by Gasteiger charge is 2.34. The van der Waals surface area contributed by atoms with Crippen molar-refractivity contribution in [3.05, 3.63) is 77.5 Å². The van der Waals surface area contributed by atoms with Gasteiger partial charge in [-0.05, 0) is 36.8 Å². The van der Waals surface area contributed by atoms with E-state index in [0.29, 0.717) is 12.3 Å². The highest BCUT2D eigenvalue weighted by Crippen LogP contribution is 2.31. The second-order valence-corrected chi connectivity index (χ2v) is 6.53. The number of para-hydroxylation sites is 1. The van der Waals surface area contributed by atoms with Crippen molar-refractivity contribution in [2.45, 2.75) is 19.6 Å². The van der Waals surface area contributed by atoms with Crippen molar-refractivity contribution in [3.8, 4) is 11.6 Å². The number of hydrogen-bond acceptors (Lipinski definition) is 4. The number of halogens is 3. The zero-order valence-electron chi connectivity index (χ0n) is 15.3. The zero-order valence-corrected chi connectivity index (χ0v) is 16.1. The third-order valence-electron chi connectivity index (χ3n) is 3.76. The zero-order chi connectivity index (χ0) is 20.9. The van der Waals surface area contributed by atoms with Gasteiger partial charge in [-0.3, -0.25) is 0 Å². The van der Waals surface area contributed by atoms with Crippen molar-refractivity contribution in [1.82, 2.24) is 15.3 Å². The van der Waals surface area contributed by atoms with Crippen LogP contribution in [0.15, 0.2) is 60.7 Å². The van der Waals surface area contributed by atoms with E-state index in [1.54, 1.807) is 30.3 Å². The summed E-state index contributed by atoms with van der Waals surface area (Å²) in [6, 6.07) is 16.9. The molecule has 29 heavy (non-hydrogen) atoms. The minimum absolute atomic E-state index is 0.0931. The summed E-state index contributed by atoms with van der Waals surface area (Å²) in [6.45, 7) is 2.38. The highest BCUT2D eigenvalue weighted by atomic mass is 32.1. The molecular formula is C20H17F3N4OS. The second kappa shape index (κ2) is 8.87. The normalized spacial score (nSPS) is 11.0. The summed E-state index contributed by atoms with van der Waals surface area (Å²) in [6.07, 6.45) is -4.66. The van der Waals surface area contributed by atoms with E-state index in [9.17, 15) is 13.2 Å². The molecule has 0 aliphatic carbocycles. The maximum atomic E-state index is 13.2. The fourth-order valence-electron chi connectivity index (χ4n) is 2.32. The standard InChI is InChI=1S/C20H17F3N4OS/c1-13-7-9-14(10-8-13)12-24-19(29)27-18-25-16(20(21,22)23)11-17(26-18)28-15-5-3-2-4-6-15/h2-11H,12H2,1H3,(H2,24,25,26,27,29). The number of anilines is 1. The number of aromatic nitrogens is 2. The number of aryl methyl sites for hydroxylation is 1. The number of benzene rings is 2. The van der Waals surface area contributed by atoms with Gasteiger partial charge in [0.15, 0.2) is 10.8 Å². The first-order valence-corrected chi connectivity index (χ1v) is 9.00. The summed E-state index contributed by atoms with van der Waals surface area (Å²) < 4.78 is 45.0. The van der Waals surface area contributed by atoms with Crippen LogP contribution in [0, 0.1) is 6.92 Å². The summed E-state index contributed by atoms with van der Waals surface area (Å²) in [7, 11) is 0. The summed E-state index contributed by atoms with van der Waals surface area (Å²) in [4.78, 5) is 7.47. The Balaban J connectivity index is 1.73. The molecule has 0 atom stereocenters. The SMILES string of the molecule is Cc1ccc(CNC(=S)Nc2nc(Oc3ccccc3)cc(C(F)(F)F)n2)cc1. The first kappa shape index (κ1) is 20.5. The lowest BCUT2D eigenvalue weighted by molar-refractivity contribution is -0.141. The number of thiocarbonyl (C=S) groups is 1. The van der Waals surface area contributed by atoms with Gasteiger partial charge in [0.25, 0.3) is 0 Å². The molecule has 0 unspecified atom stereocenters. The van der Waals surface area contributed by atoms with E-state index in [1.165, 1.54) is 0 Å². The van der Waals surface area contributed by atoms with Crippen LogP contribution in [0.1, 0.15) is 16.8 Å². The van der Waals surface area contributed by atoms with Crippen LogP contribution in [0.25, 0.3) is 0 Å². The van der Waals surface area contributed by atoms with Crippen LogP contribution >= 0.6 is 12.2 Å². The molecule has 3 aromatic rings. The average molecular weight is 418 g/mol. The quantitative estimate of drug-likeness (QED) is 0.564. The average Bonchev–Trinajstić information content (AvgIpc) is 2.67. The molecule has 0 spiro atoms. The Morgan fingerprint density at radius 2 is 1.72 bits per heavy atom. The Kier molecular flexibility index (Phi) is 6.28. The van der Waals surface area contributed by atoms with E-state index in [1.807, 2.05) is 31.2 Å². The van der Waals surface area contributed by atoms with Gasteiger partial charge in [-0.1, -0.05) is 48.0 Å². The summed E-state index contributed by atoms with van der Waals surface area (Å²) in [5.74, 6) is -0.208. The van der Waals surface area contributed by atoms with E-state index in [4.69, 9.17) is 17.0 Å². The van der Waals surface area contributed by atoms with Crippen LogP contribution < -0.4 is 15.4 Å². The fraction of sp³-hybridized carbons (Fsp3) is 0.150. The highest BCUT2D eigenvalue weighted by molar-refractivity contribution is 7.80. The molecule has 0 saturated carbocycles. The van der Waals surface area contributed by atoms with Crippen molar-refractivity contribution in [3.63, 3.8) is 0 Å². The first-order chi connectivity index (χ1) is 13.8. The van der Waals surface area contributed by atoms with E-state index in [0.717, 1.165) is 17.2 Å². The van der Waals surface area contributed by atoms with Gasteiger partial charge in [0.05, 0.1) is 0 Å². The molecule has 0 aliphatic heterocycles. The molecule has 0 saturated heterocycles. The fourth-order valence-corrected chi connectivity index (χ4v) is 2.49. The van der Waals surface area contributed by atoms with Crippen LogP contribution in [-0.4, -0.2) is 15.1 Å². The summed E-state index contributed by atoms with van der Waals surface area (Å²) >= 11 is 5.15. The molecule has 150 valence electrons. The van der Waals surface area contributed by atoms with Crippen molar-refractivity contribution in [1.29, 1.82) is 0 Å². The van der Waals surface area contributed by atoms with Gasteiger partial charge in [0.1, 0.15) is 5.75 Å². The molecule has 0 bridgehead atoms. The minimum Gasteiger partial charge on any atom is -0.439 e. The number of nitrogens with one attached hydrogen (secondary N) is 2. The van der Waals surface area contributed by atoms with Crippen molar-refractivity contribution < 1.29 is 17.9 Å². The van der Waals surface area contributed by atoms with Gasteiger partial charge in [0.2, 0.25) is 11.8 Å². The number of hydrogen-bond donors (Lipinski definition) is 2. The lowest BCUT2D eigenvalue weighted by Gasteiger charge is -2.13. The molecule has 2 aromatic carbocycles. The molecule has 2 N–H and O–H groups in total. The van der Waals surface area contributed by atoms with Gasteiger partial charge in [-0.2, -0.15) is 18.2 Å². The van der Waals surface area contributed by atoms with E-state index < -0.39 is 11.9 Å². The third-order valence-corrected chi connectivity index (χ3v) is 4.00. The van der Waals surface area contributed by atoms with Crippen molar-refractivity contribution in [2.75, 3.05) is 5.32 Å². The number of nitrogens with zero attached hydrogens (tertiary/aromatic N) is 2. The minimum atomic E-state index is -4.66. The van der Waals surface area contributed by atoms with E-state index in [-0.39, 0.29) is 16.9 Å². The Morgan fingerprint density at radius 1 is 1.03 bits per heavy atom. The predicted molar refractivity (Wildman–Crippen MR) is 108 cm³/mol. The molecule has 0 fully saturated rings. The van der Waals surface area contributed by atoms with Crippen LogP contribution in [0.2, 0.25) is 0 Å². The van der Waals surface area contributed by atoms with Crippen molar-refractivity contribution >= 4 is 23.3 Å². The lowest BCUT2D eigenvalue weighted by Crippen LogP contribution is -2.29. The molecule has 1 aromatic heterocycles. The number of rotatable bonds is 5. The molecule has 0 aliphatic rings. The Labute approximate surface area is 171 Å². The molecular weight excluding hydrogens is 401 g/mol. The number of alkyl halides is 3. The molecule has 9 heteroatoms. The first-order valence-electron chi connectivity index (χ1n) is 8.59. The molecule has 0 radical (unpaired) electrons. The third kappa shape index (κ3) is 6.15. The van der Waals surface area contributed by atoms with E-state index >= 15 is 0 Å². The van der Waals surface area contributed by atoms with Gasteiger partial charge in [-0.15, -0.1) is 0 Å². The van der Waals surface area contributed by atoms with E-state index in [2.05, 4.69) is 20.6 Å². The maximum absolute atomic E-state index is 13.2. The van der Waals surface area contributed by atoms with Crippen LogP contribution in [-0.2, 0) is 12.7 Å². The second-order valence-electron chi connectivity index (χ2n) is 6.12. The largest absolute Gasteiger partial charge is 0.439 e. The molecule has 3 rings (SSSR count). The Morgan fingerprint density at radius 3 is 2.38 bits per heavy atom. The van der Waals surface area contributed by atoms with Crippen molar-refractivity contribution in [2.24, 2.45) is 0 Å². The summed E-state index contributed by atoms with van der Waals surface area (Å²) in [5.41, 5.74) is 0.956. The lowest BCUT2D eigenvalue weighted by atomic mass is 10.1. The van der Waals surface area contributed by atoms with Gasteiger partial charge >= 0.3 is 6.18 Å². The predicted octanol–water partition coefficient (Wildman–Crippen LogP) is 5.08. The van der Waals surface area contributed by atoms with Crippen LogP contribution in [0.5, 0.6) is 11.6 Å². The number of ether oxygens (including phenoxy) is 1. The maximum Gasteiger partial charge on any atom is 0.433 e. The molecule has 0 amide bonds. The molecule has 5 nitrogen and oxygen atoms in total. The van der Waals surface area contributed by atoms with Gasteiger partial charge in [-0.25, -0.2) is 4.98 Å². The topological polar surface area (TPSA) is 59.1 Å². The summed E-state index contributed by atoms with van der Waals surface area (Å²) in [5, 5.41) is 5.59. The van der Waals surface area contributed by atoms with Crippen LogP contribution in [0.4, 0.5) is 19.1 Å². The van der Waals surface area contributed by atoms with Gasteiger partial charge in [0, 0.05) is 12.6 Å². The van der Waals surface area contributed by atoms with Crippen LogP contribution in [0.3, 0.4) is 0 Å². The smallest absolute Gasteiger partial charge is 0.433 e. The van der Waals surface area contributed by atoms with Gasteiger partial charge < -0.3 is 15.4 Å². The Hall–Kier alpha value is -3.20. The Bertz CT molecular complexity index is 979.